The van der Waals surface area contributed by atoms with Crippen molar-refractivity contribution in [3.63, 3.8) is 0 Å². The molecule has 74 valence electrons. The van der Waals surface area contributed by atoms with E-state index in [1.165, 1.54) is 14.2 Å². The molecule has 0 heterocycles. The standard InChI is InChI=1S/C10H10ClNO2/c1-12-10-8(13-2)4-7(6-11)5-9(10)14-3/h4-5H,6H2,2-3H3. The van der Waals surface area contributed by atoms with Crippen molar-refractivity contribution in [3.8, 4) is 11.5 Å². The lowest BCUT2D eigenvalue weighted by molar-refractivity contribution is 0.398. The van der Waals surface area contributed by atoms with Crippen LogP contribution in [0.1, 0.15) is 5.56 Å². The Kier molecular flexibility index (Phi) is 3.61. The number of hydrogen-bond donors (Lipinski definition) is 0. The topological polar surface area (TPSA) is 22.8 Å². The molecule has 0 saturated heterocycles. The number of ether oxygens (including phenoxy) is 2. The summed E-state index contributed by atoms with van der Waals surface area (Å²) in [5.74, 6) is 1.36. The maximum absolute atomic E-state index is 6.99. The molecule has 0 fully saturated rings. The summed E-state index contributed by atoms with van der Waals surface area (Å²) in [5, 5.41) is 0. The van der Waals surface area contributed by atoms with Crippen LogP contribution in [-0.2, 0) is 5.88 Å². The van der Waals surface area contributed by atoms with Crippen molar-refractivity contribution >= 4 is 17.3 Å². The Labute approximate surface area is 88.0 Å². The number of nitrogens with zero attached hydrogens (tertiary/aromatic N) is 1. The van der Waals surface area contributed by atoms with E-state index >= 15 is 0 Å². The molecule has 14 heavy (non-hydrogen) atoms. The minimum Gasteiger partial charge on any atom is -0.508 e. The predicted octanol–water partition coefficient (Wildman–Crippen LogP) is 2.99. The predicted molar refractivity (Wildman–Crippen MR) is 55.4 cm³/mol. The smallest absolute Gasteiger partial charge is 0.268 e. The van der Waals surface area contributed by atoms with Gasteiger partial charge in [-0.15, -0.1) is 11.6 Å². The summed E-state index contributed by atoms with van der Waals surface area (Å²) in [6, 6.07) is 3.48. The zero-order chi connectivity index (χ0) is 10.6. The third-order valence-electron chi connectivity index (χ3n) is 1.81. The molecule has 0 aromatic heterocycles. The highest BCUT2D eigenvalue weighted by Crippen LogP contribution is 2.38. The van der Waals surface area contributed by atoms with Gasteiger partial charge in [0, 0.05) is 5.88 Å². The number of rotatable bonds is 3. The van der Waals surface area contributed by atoms with Crippen LogP contribution in [0.3, 0.4) is 0 Å². The van der Waals surface area contributed by atoms with E-state index in [0.29, 0.717) is 23.1 Å². The lowest BCUT2D eigenvalue weighted by atomic mass is 10.2. The molecule has 1 rings (SSSR count). The highest BCUT2D eigenvalue weighted by Gasteiger charge is 2.11. The van der Waals surface area contributed by atoms with E-state index in [2.05, 4.69) is 4.85 Å². The quantitative estimate of drug-likeness (QED) is 0.567. The van der Waals surface area contributed by atoms with E-state index in [0.717, 1.165) is 5.56 Å². The largest absolute Gasteiger partial charge is 0.508 e. The minimum absolute atomic E-state index is 0.366. The van der Waals surface area contributed by atoms with E-state index in [9.17, 15) is 0 Å². The number of benzene rings is 1. The van der Waals surface area contributed by atoms with E-state index < -0.39 is 0 Å². The third kappa shape index (κ3) is 1.91. The van der Waals surface area contributed by atoms with Crippen LogP contribution in [0, 0.1) is 6.57 Å². The number of halogens is 1. The molecule has 4 heteroatoms. The molecule has 0 bridgehead atoms. The van der Waals surface area contributed by atoms with Gasteiger partial charge in [-0.25, -0.2) is 4.85 Å². The van der Waals surface area contributed by atoms with Crippen molar-refractivity contribution < 1.29 is 9.47 Å². The lowest BCUT2D eigenvalue weighted by Crippen LogP contribution is -1.90. The number of alkyl halides is 1. The fourth-order valence-corrected chi connectivity index (χ4v) is 1.29. The Morgan fingerprint density at radius 2 is 1.79 bits per heavy atom. The van der Waals surface area contributed by atoms with Crippen molar-refractivity contribution in [1.29, 1.82) is 0 Å². The second-order valence-corrected chi connectivity index (χ2v) is 2.86. The van der Waals surface area contributed by atoms with Crippen molar-refractivity contribution in [2.24, 2.45) is 0 Å². The average molecular weight is 212 g/mol. The Bertz CT molecular complexity index is 346. The van der Waals surface area contributed by atoms with Crippen LogP contribution < -0.4 is 9.47 Å². The fraction of sp³-hybridized carbons (Fsp3) is 0.300. The fourth-order valence-electron chi connectivity index (χ4n) is 1.14. The molecule has 0 radical (unpaired) electrons. The summed E-state index contributed by atoms with van der Waals surface area (Å²) < 4.78 is 10.1. The Hall–Kier alpha value is -1.40. The van der Waals surface area contributed by atoms with Gasteiger partial charge < -0.3 is 9.47 Å². The molecular formula is C10H10ClNO2. The van der Waals surface area contributed by atoms with Gasteiger partial charge in [-0.05, 0) is 17.7 Å². The van der Waals surface area contributed by atoms with Crippen molar-refractivity contribution in [2.75, 3.05) is 14.2 Å². The second-order valence-electron chi connectivity index (χ2n) is 2.59. The van der Waals surface area contributed by atoms with Crippen LogP contribution >= 0.6 is 11.6 Å². The SMILES string of the molecule is [C-]#[N+]c1c(OC)cc(CCl)cc1OC. The zero-order valence-electron chi connectivity index (χ0n) is 8.00. The van der Waals surface area contributed by atoms with Crippen LogP contribution in [0.15, 0.2) is 12.1 Å². The van der Waals surface area contributed by atoms with Crippen LogP contribution in [0.4, 0.5) is 5.69 Å². The molecule has 0 aliphatic rings. The Morgan fingerprint density at radius 1 is 1.29 bits per heavy atom. The first-order valence-electron chi connectivity index (χ1n) is 3.95. The van der Waals surface area contributed by atoms with Gasteiger partial charge in [0.1, 0.15) is 11.5 Å². The highest BCUT2D eigenvalue weighted by molar-refractivity contribution is 6.17. The van der Waals surface area contributed by atoms with Gasteiger partial charge in [-0.3, -0.25) is 0 Å². The monoisotopic (exact) mass is 211 g/mol. The number of methoxy groups -OCH3 is 2. The summed E-state index contributed by atoms with van der Waals surface area (Å²) in [5.41, 5.74) is 1.25. The van der Waals surface area contributed by atoms with Gasteiger partial charge in [0.2, 0.25) is 0 Å². The normalized spacial score (nSPS) is 9.29. The van der Waals surface area contributed by atoms with Crippen molar-refractivity contribution in [2.45, 2.75) is 5.88 Å². The second kappa shape index (κ2) is 4.73. The first kappa shape index (κ1) is 10.7. The van der Waals surface area contributed by atoms with Gasteiger partial charge >= 0.3 is 0 Å². The van der Waals surface area contributed by atoms with E-state index in [4.69, 9.17) is 27.6 Å². The van der Waals surface area contributed by atoms with Crippen LogP contribution in [-0.4, -0.2) is 14.2 Å². The molecule has 3 nitrogen and oxygen atoms in total. The van der Waals surface area contributed by atoms with Crippen molar-refractivity contribution in [3.05, 3.63) is 29.1 Å². The number of hydrogen-bond acceptors (Lipinski definition) is 2. The summed E-state index contributed by atoms with van der Waals surface area (Å²) in [4.78, 5) is 3.34. The molecule has 0 amide bonds. The van der Waals surface area contributed by atoms with E-state index in [1.54, 1.807) is 12.1 Å². The minimum atomic E-state index is 0.366. The molecule has 1 aromatic carbocycles. The maximum Gasteiger partial charge on any atom is 0.268 e. The molecule has 0 spiro atoms. The Morgan fingerprint density at radius 3 is 2.07 bits per heavy atom. The lowest BCUT2D eigenvalue weighted by Gasteiger charge is -2.09. The highest BCUT2D eigenvalue weighted by atomic mass is 35.5. The van der Waals surface area contributed by atoms with Crippen LogP contribution in [0.25, 0.3) is 4.85 Å². The summed E-state index contributed by atoms with van der Waals surface area (Å²) in [6.07, 6.45) is 0. The molecule has 0 saturated carbocycles. The molecule has 0 atom stereocenters. The van der Waals surface area contributed by atoms with Crippen LogP contribution in [0.2, 0.25) is 0 Å². The van der Waals surface area contributed by atoms with E-state index in [-0.39, 0.29) is 0 Å². The average Bonchev–Trinajstić information content (AvgIpc) is 2.26. The maximum atomic E-state index is 6.99. The van der Waals surface area contributed by atoms with E-state index in [1.807, 2.05) is 0 Å². The van der Waals surface area contributed by atoms with Crippen LogP contribution in [0.5, 0.6) is 11.5 Å². The summed E-state index contributed by atoms with van der Waals surface area (Å²) >= 11 is 5.69. The van der Waals surface area contributed by atoms with Gasteiger partial charge in [0.05, 0.1) is 20.8 Å². The van der Waals surface area contributed by atoms with Gasteiger partial charge in [-0.2, -0.15) is 0 Å². The zero-order valence-corrected chi connectivity index (χ0v) is 8.76. The summed E-state index contributed by atoms with van der Waals surface area (Å²) in [6.45, 7) is 6.99. The molecule has 1 aromatic rings. The van der Waals surface area contributed by atoms with Gasteiger partial charge in [-0.1, -0.05) is 0 Å². The summed E-state index contributed by atoms with van der Waals surface area (Å²) in [7, 11) is 3.03. The Balaban J connectivity index is 3.34. The molecular weight excluding hydrogens is 202 g/mol. The third-order valence-corrected chi connectivity index (χ3v) is 2.11. The first-order chi connectivity index (χ1) is 6.76. The molecule has 0 aliphatic carbocycles. The van der Waals surface area contributed by atoms with Crippen molar-refractivity contribution in [1.82, 2.24) is 0 Å². The van der Waals surface area contributed by atoms with Gasteiger partial charge in [0.15, 0.2) is 0 Å². The molecule has 0 unspecified atom stereocenters. The van der Waals surface area contributed by atoms with Gasteiger partial charge in [0.25, 0.3) is 5.69 Å². The molecule has 0 N–H and O–H groups in total. The first-order valence-corrected chi connectivity index (χ1v) is 4.48. The molecule has 0 aliphatic heterocycles.